The lowest BCUT2D eigenvalue weighted by Crippen LogP contribution is -2.36. The van der Waals surface area contributed by atoms with E-state index in [9.17, 15) is 5.11 Å². The summed E-state index contributed by atoms with van der Waals surface area (Å²) >= 11 is 0. The summed E-state index contributed by atoms with van der Waals surface area (Å²) in [5, 5.41) is 18.4. The van der Waals surface area contributed by atoms with Gasteiger partial charge in [-0.1, -0.05) is 12.1 Å². The molecular weight excluding hydrogens is 238 g/mol. The molecule has 0 aromatic heterocycles. The van der Waals surface area contributed by atoms with E-state index in [-0.39, 0.29) is 6.61 Å². The monoisotopic (exact) mass is 259 g/mol. The number of nitrogens with zero attached hydrogens (tertiary/aromatic N) is 3. The number of hydrogen-bond acceptors (Lipinski definition) is 4. The molecule has 1 aliphatic heterocycles. The van der Waals surface area contributed by atoms with Crippen molar-refractivity contribution in [1.29, 1.82) is 5.26 Å². The minimum absolute atomic E-state index is 0.234. The average Bonchev–Trinajstić information content (AvgIpc) is 2.82. The standard InChI is InChI=1S/C15H21N3O/c1-17(2)15-10-18(9-14(15)11-19)8-13-5-3-4-12(6-13)7-16/h3-6,14-15,19H,8-11H2,1-2H3/t14-,15+/m0/s1. The topological polar surface area (TPSA) is 50.5 Å². The third kappa shape index (κ3) is 3.32. The maximum Gasteiger partial charge on any atom is 0.0991 e. The van der Waals surface area contributed by atoms with Crippen LogP contribution in [0.2, 0.25) is 0 Å². The molecule has 0 spiro atoms. The van der Waals surface area contributed by atoms with Crippen LogP contribution in [0.15, 0.2) is 24.3 Å². The third-order valence-corrected chi connectivity index (χ3v) is 3.84. The van der Waals surface area contributed by atoms with Crippen LogP contribution in [0.4, 0.5) is 0 Å². The number of aliphatic hydroxyl groups is 1. The normalized spacial score (nSPS) is 23.7. The predicted molar refractivity (Wildman–Crippen MR) is 74.5 cm³/mol. The van der Waals surface area contributed by atoms with Gasteiger partial charge in [0.05, 0.1) is 11.6 Å². The van der Waals surface area contributed by atoms with Crippen molar-refractivity contribution in [3.8, 4) is 6.07 Å². The fourth-order valence-electron chi connectivity index (χ4n) is 2.83. The molecule has 1 heterocycles. The molecule has 2 rings (SSSR count). The van der Waals surface area contributed by atoms with Crippen LogP contribution in [0.5, 0.6) is 0 Å². The van der Waals surface area contributed by atoms with Gasteiger partial charge in [-0.3, -0.25) is 4.90 Å². The van der Waals surface area contributed by atoms with Crippen molar-refractivity contribution >= 4 is 0 Å². The van der Waals surface area contributed by atoms with E-state index in [2.05, 4.69) is 36.0 Å². The molecule has 0 bridgehead atoms. The van der Waals surface area contributed by atoms with Gasteiger partial charge in [-0.05, 0) is 31.8 Å². The quantitative estimate of drug-likeness (QED) is 0.873. The van der Waals surface area contributed by atoms with E-state index in [1.165, 1.54) is 0 Å². The maximum absolute atomic E-state index is 9.45. The predicted octanol–water partition coefficient (Wildman–Crippen LogP) is 0.913. The highest BCUT2D eigenvalue weighted by molar-refractivity contribution is 5.32. The van der Waals surface area contributed by atoms with Crippen molar-refractivity contribution in [2.75, 3.05) is 33.8 Å². The molecule has 0 saturated carbocycles. The smallest absolute Gasteiger partial charge is 0.0991 e. The minimum Gasteiger partial charge on any atom is -0.396 e. The van der Waals surface area contributed by atoms with E-state index in [1.807, 2.05) is 18.2 Å². The highest BCUT2D eigenvalue weighted by Gasteiger charge is 2.33. The third-order valence-electron chi connectivity index (χ3n) is 3.84. The van der Waals surface area contributed by atoms with Gasteiger partial charge in [0.2, 0.25) is 0 Å². The number of rotatable bonds is 4. The Morgan fingerprint density at radius 1 is 1.42 bits per heavy atom. The molecule has 4 heteroatoms. The van der Waals surface area contributed by atoms with Crippen molar-refractivity contribution < 1.29 is 5.11 Å². The van der Waals surface area contributed by atoms with Gasteiger partial charge in [0, 0.05) is 38.2 Å². The van der Waals surface area contributed by atoms with Crippen LogP contribution in [0, 0.1) is 17.2 Å². The van der Waals surface area contributed by atoms with E-state index < -0.39 is 0 Å². The lowest BCUT2D eigenvalue weighted by molar-refractivity contribution is 0.167. The number of likely N-dealkylation sites (tertiary alicyclic amines) is 1. The van der Waals surface area contributed by atoms with Crippen LogP contribution in [0.3, 0.4) is 0 Å². The zero-order valence-electron chi connectivity index (χ0n) is 11.6. The van der Waals surface area contributed by atoms with Crippen LogP contribution in [-0.4, -0.2) is 54.7 Å². The first-order valence-corrected chi connectivity index (χ1v) is 6.62. The van der Waals surface area contributed by atoms with E-state index in [0.717, 1.165) is 25.2 Å². The van der Waals surface area contributed by atoms with Crippen LogP contribution in [0.1, 0.15) is 11.1 Å². The first kappa shape index (κ1) is 14.0. The van der Waals surface area contributed by atoms with Gasteiger partial charge in [0.25, 0.3) is 0 Å². The Balaban J connectivity index is 2.02. The van der Waals surface area contributed by atoms with Gasteiger partial charge in [0.15, 0.2) is 0 Å². The second-order valence-corrected chi connectivity index (χ2v) is 5.48. The summed E-state index contributed by atoms with van der Waals surface area (Å²) in [6.45, 7) is 2.96. The van der Waals surface area contributed by atoms with Gasteiger partial charge >= 0.3 is 0 Å². The zero-order chi connectivity index (χ0) is 13.8. The first-order chi connectivity index (χ1) is 9.13. The lowest BCUT2D eigenvalue weighted by atomic mass is 10.0. The molecule has 2 atom stereocenters. The Labute approximate surface area is 114 Å². The van der Waals surface area contributed by atoms with Gasteiger partial charge < -0.3 is 10.0 Å². The molecule has 1 aromatic rings. The van der Waals surface area contributed by atoms with Crippen LogP contribution in [-0.2, 0) is 6.54 Å². The van der Waals surface area contributed by atoms with Crippen molar-refractivity contribution in [1.82, 2.24) is 9.80 Å². The molecule has 0 aliphatic carbocycles. The summed E-state index contributed by atoms with van der Waals surface area (Å²) in [5.74, 6) is 0.314. The van der Waals surface area contributed by atoms with Crippen molar-refractivity contribution in [3.05, 3.63) is 35.4 Å². The first-order valence-electron chi connectivity index (χ1n) is 6.62. The molecule has 0 amide bonds. The Bertz CT molecular complexity index is 467. The molecule has 102 valence electrons. The lowest BCUT2D eigenvalue weighted by Gasteiger charge is -2.23. The summed E-state index contributed by atoms with van der Waals surface area (Å²) in [4.78, 5) is 4.54. The molecule has 0 unspecified atom stereocenters. The summed E-state index contributed by atoms with van der Waals surface area (Å²) in [6, 6.07) is 10.3. The fraction of sp³-hybridized carbons (Fsp3) is 0.533. The number of likely N-dealkylation sites (N-methyl/N-ethyl adjacent to an activating group) is 1. The Morgan fingerprint density at radius 2 is 2.21 bits per heavy atom. The number of hydrogen-bond donors (Lipinski definition) is 1. The summed E-state index contributed by atoms with van der Waals surface area (Å²) in [6.07, 6.45) is 0. The largest absolute Gasteiger partial charge is 0.396 e. The van der Waals surface area contributed by atoms with Crippen LogP contribution >= 0.6 is 0 Å². The molecule has 1 aromatic carbocycles. The zero-order valence-corrected chi connectivity index (χ0v) is 11.6. The molecular formula is C15H21N3O. The molecule has 4 nitrogen and oxygen atoms in total. The van der Waals surface area contributed by atoms with Crippen molar-refractivity contribution in [2.24, 2.45) is 5.92 Å². The number of nitriles is 1. The molecule has 0 radical (unpaired) electrons. The Morgan fingerprint density at radius 3 is 2.79 bits per heavy atom. The van der Waals surface area contributed by atoms with E-state index >= 15 is 0 Å². The summed E-state index contributed by atoms with van der Waals surface area (Å²) in [7, 11) is 4.13. The second-order valence-electron chi connectivity index (χ2n) is 5.48. The second kappa shape index (κ2) is 6.16. The SMILES string of the molecule is CN(C)[C@@H]1CN(Cc2cccc(C#N)c2)C[C@H]1CO. The van der Waals surface area contributed by atoms with E-state index in [4.69, 9.17) is 5.26 Å². The Hall–Kier alpha value is -1.41. The average molecular weight is 259 g/mol. The molecule has 1 N–H and O–H groups in total. The van der Waals surface area contributed by atoms with Crippen molar-refractivity contribution in [2.45, 2.75) is 12.6 Å². The fourth-order valence-corrected chi connectivity index (χ4v) is 2.83. The highest BCUT2D eigenvalue weighted by atomic mass is 16.3. The van der Waals surface area contributed by atoms with Gasteiger partial charge in [-0.15, -0.1) is 0 Å². The molecule has 1 saturated heterocycles. The van der Waals surface area contributed by atoms with Gasteiger partial charge in [0.1, 0.15) is 0 Å². The molecule has 19 heavy (non-hydrogen) atoms. The van der Waals surface area contributed by atoms with Crippen LogP contribution in [0.25, 0.3) is 0 Å². The molecule has 1 fully saturated rings. The van der Waals surface area contributed by atoms with E-state index in [1.54, 1.807) is 0 Å². The maximum atomic E-state index is 9.45. The van der Waals surface area contributed by atoms with Crippen molar-refractivity contribution in [3.63, 3.8) is 0 Å². The summed E-state index contributed by atoms with van der Waals surface area (Å²) in [5.41, 5.74) is 1.87. The van der Waals surface area contributed by atoms with E-state index in [0.29, 0.717) is 17.5 Å². The van der Waals surface area contributed by atoms with Gasteiger partial charge in [-0.25, -0.2) is 0 Å². The number of aliphatic hydroxyl groups excluding tert-OH is 1. The summed E-state index contributed by atoms with van der Waals surface area (Å²) < 4.78 is 0. The Kier molecular flexibility index (Phi) is 4.54. The molecule has 1 aliphatic rings. The van der Waals surface area contributed by atoms with Crippen LogP contribution < -0.4 is 0 Å². The number of benzene rings is 1. The minimum atomic E-state index is 0.234. The van der Waals surface area contributed by atoms with Gasteiger partial charge in [-0.2, -0.15) is 5.26 Å². The highest BCUT2D eigenvalue weighted by Crippen LogP contribution is 2.22.